The predicted octanol–water partition coefficient (Wildman–Crippen LogP) is 7.20. The molecule has 3 rings (SSSR count). The van der Waals surface area contributed by atoms with E-state index in [0.717, 1.165) is 15.4 Å². The van der Waals surface area contributed by atoms with Gasteiger partial charge in [-0.2, -0.15) is 0 Å². The lowest BCUT2D eigenvalue weighted by Crippen LogP contribution is -2.52. The number of nitrogens with zero attached hydrogens (tertiary/aromatic N) is 2. The van der Waals surface area contributed by atoms with Crippen molar-refractivity contribution in [3.8, 4) is 0 Å². The van der Waals surface area contributed by atoms with Gasteiger partial charge in [0.1, 0.15) is 12.6 Å². The molecule has 3 aromatic carbocycles. The number of rotatable bonds is 13. The molecule has 0 aliphatic heterocycles. The lowest BCUT2D eigenvalue weighted by Gasteiger charge is -2.33. The number of sulfonamides is 1. The van der Waals surface area contributed by atoms with Gasteiger partial charge in [-0.1, -0.05) is 93.7 Å². The molecule has 0 heterocycles. The van der Waals surface area contributed by atoms with Crippen molar-refractivity contribution in [2.75, 3.05) is 17.4 Å². The summed E-state index contributed by atoms with van der Waals surface area (Å²) >= 11 is 13.0. The van der Waals surface area contributed by atoms with E-state index in [1.165, 1.54) is 17.0 Å². The second kappa shape index (κ2) is 15.1. The minimum absolute atomic E-state index is 0.0567. The number of hydrogen-bond acceptors (Lipinski definition) is 4. The maximum absolute atomic E-state index is 14.3. The van der Waals surface area contributed by atoms with Crippen LogP contribution in [-0.2, 0) is 26.2 Å². The second-order valence-electron chi connectivity index (χ2n) is 11.4. The third-order valence-electron chi connectivity index (χ3n) is 7.20. The molecule has 0 saturated carbocycles. The summed E-state index contributed by atoms with van der Waals surface area (Å²) in [6.07, 6.45) is 0.297. The summed E-state index contributed by atoms with van der Waals surface area (Å²) in [4.78, 5) is 29.1. The second-order valence-corrected chi connectivity index (χ2v) is 14.0. The van der Waals surface area contributed by atoms with Crippen molar-refractivity contribution >= 4 is 50.7 Å². The summed E-state index contributed by atoms with van der Waals surface area (Å²) < 4.78 is 29.2. The van der Waals surface area contributed by atoms with E-state index in [4.69, 9.17) is 23.2 Å². The minimum atomic E-state index is -4.16. The number of nitrogens with one attached hydrogen (secondary N) is 1. The molecular formula is C33H41Cl2N3O4S. The molecule has 0 aliphatic rings. The van der Waals surface area contributed by atoms with Gasteiger partial charge < -0.3 is 10.2 Å². The first-order valence-corrected chi connectivity index (χ1v) is 16.6. The lowest BCUT2D eigenvalue weighted by molar-refractivity contribution is -0.140. The van der Waals surface area contributed by atoms with Gasteiger partial charge in [-0.25, -0.2) is 8.42 Å². The Kier molecular flexibility index (Phi) is 12.1. The molecule has 0 radical (unpaired) electrons. The first-order chi connectivity index (χ1) is 20.3. The van der Waals surface area contributed by atoms with Gasteiger partial charge in [-0.05, 0) is 67.1 Å². The van der Waals surface area contributed by atoms with Crippen LogP contribution >= 0.6 is 23.2 Å². The highest BCUT2D eigenvalue weighted by Crippen LogP contribution is 2.29. The van der Waals surface area contributed by atoms with Crippen molar-refractivity contribution in [3.05, 3.63) is 93.5 Å². The summed E-state index contributed by atoms with van der Waals surface area (Å²) in [5.74, 6) is -0.455. The van der Waals surface area contributed by atoms with Gasteiger partial charge in [-0.15, -0.1) is 0 Å². The molecule has 7 nitrogen and oxygen atoms in total. The van der Waals surface area contributed by atoms with Crippen molar-refractivity contribution in [1.82, 2.24) is 10.2 Å². The average Bonchev–Trinajstić information content (AvgIpc) is 2.96. The van der Waals surface area contributed by atoms with Gasteiger partial charge >= 0.3 is 0 Å². The van der Waals surface area contributed by atoms with E-state index in [0.29, 0.717) is 34.3 Å². The molecule has 0 aromatic heterocycles. The summed E-state index contributed by atoms with van der Waals surface area (Å²) in [5.41, 5.74) is 2.75. The Morgan fingerprint density at radius 3 is 1.98 bits per heavy atom. The van der Waals surface area contributed by atoms with Gasteiger partial charge in [-0.3, -0.25) is 13.9 Å². The fourth-order valence-corrected chi connectivity index (χ4v) is 6.52. The molecule has 0 spiro atoms. The van der Waals surface area contributed by atoms with Gasteiger partial charge in [0.15, 0.2) is 0 Å². The van der Waals surface area contributed by atoms with Crippen LogP contribution < -0.4 is 9.62 Å². The number of aryl methyl sites for hydroxylation is 1. The van der Waals surface area contributed by atoms with Gasteiger partial charge in [0.05, 0.1) is 10.6 Å². The highest BCUT2D eigenvalue weighted by atomic mass is 35.5. The Morgan fingerprint density at radius 1 is 0.884 bits per heavy atom. The summed E-state index contributed by atoms with van der Waals surface area (Å²) in [5, 5.41) is 3.60. The number of carbonyl (C=O) groups is 2. The topological polar surface area (TPSA) is 86.8 Å². The summed E-state index contributed by atoms with van der Waals surface area (Å²) in [7, 11) is -4.16. The van der Waals surface area contributed by atoms with Crippen LogP contribution in [0.5, 0.6) is 0 Å². The number of benzene rings is 3. The molecule has 0 aliphatic carbocycles. The molecule has 43 heavy (non-hydrogen) atoms. The minimum Gasteiger partial charge on any atom is -0.354 e. The number of amides is 2. The highest BCUT2D eigenvalue weighted by Gasteiger charge is 2.34. The van der Waals surface area contributed by atoms with E-state index in [1.807, 2.05) is 46.8 Å². The van der Waals surface area contributed by atoms with Crippen LogP contribution in [0.1, 0.15) is 63.6 Å². The molecule has 2 amide bonds. The van der Waals surface area contributed by atoms with Crippen molar-refractivity contribution in [2.45, 2.75) is 71.4 Å². The van der Waals surface area contributed by atoms with Gasteiger partial charge in [0.2, 0.25) is 11.8 Å². The number of halogens is 2. The Morgan fingerprint density at radius 2 is 1.47 bits per heavy atom. The maximum atomic E-state index is 14.3. The molecule has 10 heteroatoms. The SMILES string of the molecule is CCC(C(=O)NCC(C)C)N(Cc1c(Cl)cccc1Cl)C(=O)CN(c1ccc(C(C)C)cc1)S(=O)(=O)c1ccc(C)cc1. The Balaban J connectivity index is 2.10. The number of carbonyl (C=O) groups excluding carboxylic acids is 2. The van der Waals surface area contributed by atoms with Crippen molar-refractivity contribution in [1.29, 1.82) is 0 Å². The largest absolute Gasteiger partial charge is 0.354 e. The monoisotopic (exact) mass is 645 g/mol. The fraction of sp³-hybridized carbons (Fsp3) is 0.394. The third-order valence-corrected chi connectivity index (χ3v) is 9.69. The van der Waals surface area contributed by atoms with Crippen molar-refractivity contribution in [2.24, 2.45) is 5.92 Å². The maximum Gasteiger partial charge on any atom is 0.264 e. The smallest absolute Gasteiger partial charge is 0.264 e. The molecule has 3 aromatic rings. The quantitative estimate of drug-likeness (QED) is 0.213. The van der Waals surface area contributed by atoms with Crippen LogP contribution in [0.15, 0.2) is 71.6 Å². The molecular weight excluding hydrogens is 605 g/mol. The van der Waals surface area contributed by atoms with E-state index >= 15 is 0 Å². The van der Waals surface area contributed by atoms with E-state index in [1.54, 1.807) is 49.4 Å². The van der Waals surface area contributed by atoms with Crippen LogP contribution in [0.3, 0.4) is 0 Å². The zero-order valence-electron chi connectivity index (χ0n) is 25.6. The van der Waals surface area contributed by atoms with Crippen molar-refractivity contribution in [3.63, 3.8) is 0 Å². The Hall–Kier alpha value is -3.07. The van der Waals surface area contributed by atoms with Crippen LogP contribution in [0.2, 0.25) is 10.0 Å². The number of hydrogen-bond donors (Lipinski definition) is 1. The molecule has 0 saturated heterocycles. The molecule has 1 N–H and O–H groups in total. The highest BCUT2D eigenvalue weighted by molar-refractivity contribution is 7.92. The molecule has 0 bridgehead atoms. The number of anilines is 1. The Labute approximate surface area is 266 Å². The molecule has 0 fully saturated rings. The normalized spacial score (nSPS) is 12.3. The van der Waals surface area contributed by atoms with Crippen LogP contribution in [0, 0.1) is 12.8 Å². The zero-order valence-corrected chi connectivity index (χ0v) is 27.9. The average molecular weight is 647 g/mol. The zero-order chi connectivity index (χ0) is 31.9. The lowest BCUT2D eigenvalue weighted by atomic mass is 10.0. The van der Waals surface area contributed by atoms with Gasteiger partial charge in [0.25, 0.3) is 10.0 Å². The molecule has 232 valence electrons. The molecule has 1 atom stereocenters. The first kappa shape index (κ1) is 34.4. The van der Waals surface area contributed by atoms with E-state index < -0.39 is 28.5 Å². The van der Waals surface area contributed by atoms with E-state index in [-0.39, 0.29) is 29.2 Å². The molecule has 1 unspecified atom stereocenters. The van der Waals surface area contributed by atoms with Crippen molar-refractivity contribution < 1.29 is 18.0 Å². The van der Waals surface area contributed by atoms with Crippen LogP contribution in [-0.4, -0.2) is 44.3 Å². The van der Waals surface area contributed by atoms with E-state index in [2.05, 4.69) is 5.32 Å². The Bertz CT molecular complexity index is 1490. The predicted molar refractivity (Wildman–Crippen MR) is 175 cm³/mol. The van der Waals surface area contributed by atoms with Gasteiger partial charge in [0, 0.05) is 28.7 Å². The van der Waals surface area contributed by atoms with E-state index in [9.17, 15) is 18.0 Å². The van der Waals surface area contributed by atoms with Crippen LogP contribution in [0.4, 0.5) is 5.69 Å². The third kappa shape index (κ3) is 8.74. The fourth-order valence-electron chi connectivity index (χ4n) is 4.59. The first-order valence-electron chi connectivity index (χ1n) is 14.5. The summed E-state index contributed by atoms with van der Waals surface area (Å²) in [6, 6.07) is 17.8. The standard InChI is InChI=1S/C33H41Cl2N3O4S/c1-7-31(33(40)36-19-22(2)3)37(20-28-29(34)9-8-10-30(28)35)32(39)21-38(26-15-13-25(14-16-26)23(4)5)43(41,42)27-17-11-24(6)12-18-27/h8-18,22-23,31H,7,19-21H2,1-6H3,(H,36,40). The van der Waals surface area contributed by atoms with Crippen LogP contribution in [0.25, 0.3) is 0 Å². The summed E-state index contributed by atoms with van der Waals surface area (Å²) in [6.45, 7) is 11.6.